The lowest BCUT2D eigenvalue weighted by Gasteiger charge is -2.35. The Morgan fingerprint density at radius 2 is 1.86 bits per heavy atom. The van der Waals surface area contributed by atoms with Crippen molar-refractivity contribution in [2.24, 2.45) is 10.2 Å². The fourth-order valence-electron chi connectivity index (χ4n) is 3.51. The van der Waals surface area contributed by atoms with Crippen molar-refractivity contribution in [2.45, 2.75) is 6.42 Å². The number of aromatic amines is 1. The van der Waals surface area contributed by atoms with E-state index in [0.29, 0.717) is 28.9 Å². The minimum Gasteiger partial charge on any atom is -0.493 e. The third kappa shape index (κ3) is 4.58. The summed E-state index contributed by atoms with van der Waals surface area (Å²) < 4.78 is 0. The van der Waals surface area contributed by atoms with Crippen LogP contribution < -0.4 is 4.90 Å². The summed E-state index contributed by atoms with van der Waals surface area (Å²) >= 11 is 6.00. The van der Waals surface area contributed by atoms with Crippen molar-refractivity contribution < 1.29 is 9.90 Å². The minimum atomic E-state index is -0.314. The normalized spacial score (nSPS) is 15.4. The number of hydrogen-bond acceptors (Lipinski definition) is 5. The summed E-state index contributed by atoms with van der Waals surface area (Å²) in [5, 5.41) is 18.9. The van der Waals surface area contributed by atoms with Crippen LogP contribution in [0.2, 0.25) is 5.02 Å². The number of nitrogens with zero attached hydrogens (tertiary/aromatic N) is 4. The Balaban J connectivity index is 1.30. The van der Waals surface area contributed by atoms with Crippen molar-refractivity contribution in [1.29, 1.82) is 0 Å². The number of anilines is 1. The highest BCUT2D eigenvalue weighted by Crippen LogP contribution is 2.36. The van der Waals surface area contributed by atoms with E-state index >= 15 is 0 Å². The number of aromatic nitrogens is 1. The fourth-order valence-corrected chi connectivity index (χ4v) is 3.69. The molecule has 0 spiro atoms. The summed E-state index contributed by atoms with van der Waals surface area (Å²) in [5.41, 5.74) is 2.15. The van der Waals surface area contributed by atoms with Crippen molar-refractivity contribution in [1.82, 2.24) is 9.88 Å². The van der Waals surface area contributed by atoms with Gasteiger partial charge in [-0.25, -0.2) is 0 Å². The van der Waals surface area contributed by atoms with Crippen LogP contribution in [0.5, 0.6) is 5.88 Å². The van der Waals surface area contributed by atoms with Crippen LogP contribution in [-0.4, -0.2) is 53.6 Å². The number of aromatic hydroxyl groups is 1. The van der Waals surface area contributed by atoms with Crippen LogP contribution in [0.15, 0.2) is 58.8 Å². The van der Waals surface area contributed by atoms with Gasteiger partial charge in [0.15, 0.2) is 5.69 Å². The molecule has 8 heteroatoms. The number of nitrogens with one attached hydrogen (secondary N) is 1. The molecule has 29 heavy (non-hydrogen) atoms. The molecule has 0 radical (unpaired) electrons. The van der Waals surface area contributed by atoms with Crippen molar-refractivity contribution in [3.63, 3.8) is 0 Å². The molecule has 0 saturated carbocycles. The third-order valence-electron chi connectivity index (χ3n) is 5.11. The summed E-state index contributed by atoms with van der Waals surface area (Å²) in [6, 6.07) is 15.5. The van der Waals surface area contributed by atoms with Crippen LogP contribution in [-0.2, 0) is 4.79 Å². The first-order chi connectivity index (χ1) is 14.1. The summed E-state index contributed by atoms with van der Waals surface area (Å²) in [4.78, 5) is 19.6. The predicted molar refractivity (Wildman–Crippen MR) is 114 cm³/mol. The Bertz CT molecular complexity index is 1030. The molecule has 1 amide bonds. The number of carbonyl (C=O) groups excluding carboxylic acids is 1. The molecule has 1 aliphatic heterocycles. The largest absolute Gasteiger partial charge is 0.493 e. The Kier molecular flexibility index (Phi) is 5.78. The molecule has 1 fully saturated rings. The van der Waals surface area contributed by atoms with Crippen molar-refractivity contribution in [3.05, 3.63) is 53.6 Å². The molecular formula is C21H22ClN5O2. The lowest BCUT2D eigenvalue weighted by atomic mass is 10.2. The monoisotopic (exact) mass is 411 g/mol. The molecular weight excluding hydrogens is 390 g/mol. The van der Waals surface area contributed by atoms with Gasteiger partial charge in [-0.2, -0.15) is 0 Å². The SMILES string of the molecule is O=C(CCN1CCN(c2ccccc2)CC1)N=Nc1c(O)[nH]c2ccc(Cl)cc12. The Morgan fingerprint density at radius 3 is 2.62 bits per heavy atom. The zero-order valence-corrected chi connectivity index (χ0v) is 16.6. The van der Waals surface area contributed by atoms with Gasteiger partial charge in [0.2, 0.25) is 5.88 Å². The molecule has 0 aliphatic carbocycles. The maximum absolute atomic E-state index is 12.2. The Morgan fingerprint density at radius 1 is 1.10 bits per heavy atom. The van der Waals surface area contributed by atoms with E-state index in [2.05, 4.69) is 37.1 Å². The summed E-state index contributed by atoms with van der Waals surface area (Å²) in [6.07, 6.45) is 0.290. The molecule has 150 valence electrons. The number of fused-ring (bicyclic) bond motifs is 1. The molecule has 2 heterocycles. The van der Waals surface area contributed by atoms with E-state index in [1.54, 1.807) is 18.2 Å². The molecule has 3 aromatic rings. The molecule has 1 aliphatic rings. The first kappa shape index (κ1) is 19.4. The van der Waals surface area contributed by atoms with Gasteiger partial charge >= 0.3 is 0 Å². The summed E-state index contributed by atoms with van der Waals surface area (Å²) in [5.74, 6) is -0.442. The van der Waals surface area contributed by atoms with Crippen LogP contribution in [0, 0.1) is 0 Å². The highest BCUT2D eigenvalue weighted by Gasteiger charge is 2.18. The number of amides is 1. The number of benzene rings is 2. The second kappa shape index (κ2) is 8.63. The van der Waals surface area contributed by atoms with Crippen LogP contribution in [0.3, 0.4) is 0 Å². The lowest BCUT2D eigenvalue weighted by Crippen LogP contribution is -2.46. The average Bonchev–Trinajstić information content (AvgIpc) is 3.06. The van der Waals surface area contributed by atoms with Crippen LogP contribution in [0.1, 0.15) is 6.42 Å². The highest BCUT2D eigenvalue weighted by molar-refractivity contribution is 6.31. The highest BCUT2D eigenvalue weighted by atomic mass is 35.5. The standard InChI is InChI=1S/C21H22ClN5O2/c22-15-6-7-18-17(14-15)20(21(29)23-18)25-24-19(28)8-9-26-10-12-27(13-11-26)16-4-2-1-3-5-16/h1-7,14,23,29H,8-13H2. The number of hydrogen-bond donors (Lipinski definition) is 2. The fraction of sp³-hybridized carbons (Fsp3) is 0.286. The number of carbonyl (C=O) groups is 1. The van der Waals surface area contributed by atoms with Crippen molar-refractivity contribution in [3.8, 4) is 5.88 Å². The lowest BCUT2D eigenvalue weighted by molar-refractivity contribution is -0.118. The second-order valence-electron chi connectivity index (χ2n) is 7.02. The molecule has 0 unspecified atom stereocenters. The maximum Gasteiger partial charge on any atom is 0.266 e. The molecule has 0 bridgehead atoms. The predicted octanol–water partition coefficient (Wildman–Crippen LogP) is 4.35. The van der Waals surface area contributed by atoms with E-state index in [1.165, 1.54) is 5.69 Å². The number of azo groups is 1. The molecule has 0 atom stereocenters. The van der Waals surface area contributed by atoms with E-state index in [4.69, 9.17) is 11.6 Å². The number of halogens is 1. The molecule has 4 rings (SSSR count). The minimum absolute atomic E-state index is 0.129. The first-order valence-corrected chi connectivity index (χ1v) is 9.95. The second-order valence-corrected chi connectivity index (χ2v) is 7.46. The zero-order chi connectivity index (χ0) is 20.2. The molecule has 2 N–H and O–H groups in total. The van der Waals surface area contributed by atoms with E-state index in [1.807, 2.05) is 18.2 Å². The molecule has 1 saturated heterocycles. The van der Waals surface area contributed by atoms with Gasteiger partial charge in [-0.15, -0.1) is 10.2 Å². The molecule has 1 aromatic heterocycles. The smallest absolute Gasteiger partial charge is 0.266 e. The summed E-state index contributed by atoms with van der Waals surface area (Å²) in [6.45, 7) is 4.32. The Hall–Kier alpha value is -2.90. The third-order valence-corrected chi connectivity index (χ3v) is 5.35. The van der Waals surface area contributed by atoms with Gasteiger partial charge in [0.25, 0.3) is 5.91 Å². The van der Waals surface area contributed by atoms with Gasteiger partial charge in [-0.3, -0.25) is 9.69 Å². The van der Waals surface area contributed by atoms with Gasteiger partial charge < -0.3 is 15.0 Å². The number of para-hydroxylation sites is 1. The van der Waals surface area contributed by atoms with Crippen LogP contribution >= 0.6 is 11.6 Å². The van der Waals surface area contributed by atoms with E-state index in [0.717, 1.165) is 26.2 Å². The van der Waals surface area contributed by atoms with Gasteiger partial charge in [-0.1, -0.05) is 29.8 Å². The van der Waals surface area contributed by atoms with Gasteiger partial charge in [0, 0.05) is 55.2 Å². The maximum atomic E-state index is 12.2. The van der Waals surface area contributed by atoms with E-state index in [-0.39, 0.29) is 17.5 Å². The van der Waals surface area contributed by atoms with Crippen molar-refractivity contribution >= 4 is 39.8 Å². The molecule has 2 aromatic carbocycles. The van der Waals surface area contributed by atoms with Crippen molar-refractivity contribution in [2.75, 3.05) is 37.6 Å². The zero-order valence-electron chi connectivity index (χ0n) is 15.9. The quantitative estimate of drug-likeness (QED) is 0.611. The van der Waals surface area contributed by atoms with Gasteiger partial charge in [-0.05, 0) is 30.3 Å². The number of H-pyrrole nitrogens is 1. The van der Waals surface area contributed by atoms with Crippen LogP contribution in [0.4, 0.5) is 11.4 Å². The molecule has 7 nitrogen and oxygen atoms in total. The summed E-state index contributed by atoms with van der Waals surface area (Å²) in [7, 11) is 0. The van der Waals surface area contributed by atoms with Crippen LogP contribution in [0.25, 0.3) is 10.9 Å². The van der Waals surface area contributed by atoms with E-state index in [9.17, 15) is 9.90 Å². The first-order valence-electron chi connectivity index (χ1n) is 9.57. The van der Waals surface area contributed by atoms with Gasteiger partial charge in [0.1, 0.15) is 0 Å². The number of piperazine rings is 1. The van der Waals surface area contributed by atoms with E-state index < -0.39 is 0 Å². The number of rotatable bonds is 5. The topological polar surface area (TPSA) is 84.3 Å². The average molecular weight is 412 g/mol. The Labute approximate surface area is 173 Å². The van der Waals surface area contributed by atoms with Gasteiger partial charge in [0.05, 0.1) is 5.52 Å².